The second kappa shape index (κ2) is 9.17. The molecule has 0 saturated heterocycles. The van der Waals surface area contributed by atoms with Crippen LogP contribution in [0, 0.1) is 12.7 Å². The van der Waals surface area contributed by atoms with E-state index in [1.165, 1.54) is 6.07 Å². The van der Waals surface area contributed by atoms with Crippen molar-refractivity contribution in [1.82, 2.24) is 29.1 Å². The lowest BCUT2D eigenvalue weighted by Crippen LogP contribution is -1.99. The Labute approximate surface area is 200 Å². The van der Waals surface area contributed by atoms with Gasteiger partial charge >= 0.3 is 0 Å². The van der Waals surface area contributed by atoms with Crippen molar-refractivity contribution in [2.45, 2.75) is 13.3 Å². The van der Waals surface area contributed by atoms with Gasteiger partial charge in [0, 0.05) is 24.4 Å². The maximum atomic E-state index is 13.6. The SMILES string of the molecule is COc1cc(Cc2nc3nccc(-c4ccc(F)c(Cl)c4)n3n2)ccc1-n1cnc(C)c1.Cl. The van der Waals surface area contributed by atoms with Gasteiger partial charge in [0.1, 0.15) is 11.6 Å². The highest BCUT2D eigenvalue weighted by Crippen LogP contribution is 2.27. The van der Waals surface area contributed by atoms with Crippen molar-refractivity contribution in [3.8, 4) is 22.7 Å². The molecule has 0 spiro atoms. The molecule has 10 heteroatoms. The molecule has 3 heterocycles. The van der Waals surface area contributed by atoms with E-state index in [1.807, 2.05) is 35.9 Å². The Balaban J connectivity index is 0.00000259. The Morgan fingerprint density at radius 1 is 1.09 bits per heavy atom. The molecule has 0 fully saturated rings. The molecule has 7 nitrogen and oxygen atoms in total. The molecule has 3 aromatic heterocycles. The van der Waals surface area contributed by atoms with Crippen LogP contribution in [0.3, 0.4) is 0 Å². The summed E-state index contributed by atoms with van der Waals surface area (Å²) in [6.07, 6.45) is 5.83. The molecule has 0 amide bonds. The summed E-state index contributed by atoms with van der Waals surface area (Å²) in [4.78, 5) is 13.1. The van der Waals surface area contributed by atoms with E-state index in [1.54, 1.807) is 42.3 Å². The van der Waals surface area contributed by atoms with Gasteiger partial charge < -0.3 is 9.30 Å². The predicted octanol–water partition coefficient (Wildman–Crippen LogP) is 5.10. The minimum absolute atomic E-state index is 0. The van der Waals surface area contributed by atoms with Crippen LogP contribution < -0.4 is 4.74 Å². The Hall–Kier alpha value is -3.49. The van der Waals surface area contributed by atoms with E-state index in [2.05, 4.69) is 20.1 Å². The number of hydrogen-bond acceptors (Lipinski definition) is 5. The Morgan fingerprint density at radius 2 is 1.94 bits per heavy atom. The molecule has 0 aliphatic heterocycles. The second-order valence-electron chi connectivity index (χ2n) is 7.30. The first-order valence-corrected chi connectivity index (χ1v) is 10.2. The highest BCUT2D eigenvalue weighted by Gasteiger charge is 2.13. The summed E-state index contributed by atoms with van der Waals surface area (Å²) in [6.45, 7) is 1.94. The Bertz CT molecular complexity index is 1450. The standard InChI is InChI=1S/C23H18ClFN6O.ClH/c1-14-12-30(13-27-14)20-6-3-15(9-21(20)32-2)10-22-28-23-26-8-7-19(31(23)29-22)16-4-5-18(25)17(24)11-16;/h3-9,11-13H,10H2,1-2H3;1H. The number of benzene rings is 2. The van der Waals surface area contributed by atoms with Crippen molar-refractivity contribution in [2.75, 3.05) is 7.11 Å². The quantitative estimate of drug-likeness (QED) is 0.347. The summed E-state index contributed by atoms with van der Waals surface area (Å²) in [5, 5.41) is 4.68. The predicted molar refractivity (Wildman–Crippen MR) is 126 cm³/mol. The zero-order valence-electron chi connectivity index (χ0n) is 17.7. The van der Waals surface area contributed by atoms with E-state index < -0.39 is 5.82 Å². The van der Waals surface area contributed by atoms with Crippen molar-refractivity contribution in [3.05, 3.63) is 89.1 Å². The van der Waals surface area contributed by atoms with Gasteiger partial charge in [-0.2, -0.15) is 9.50 Å². The number of hydrogen-bond donors (Lipinski definition) is 0. The van der Waals surface area contributed by atoms with Crippen molar-refractivity contribution in [2.24, 2.45) is 0 Å². The van der Waals surface area contributed by atoms with Crippen LogP contribution in [0.1, 0.15) is 17.1 Å². The molecule has 0 atom stereocenters. The minimum Gasteiger partial charge on any atom is -0.495 e. The summed E-state index contributed by atoms with van der Waals surface area (Å²) in [6, 6.07) is 12.3. The van der Waals surface area contributed by atoms with Gasteiger partial charge in [-0.3, -0.25) is 0 Å². The van der Waals surface area contributed by atoms with Crippen molar-refractivity contribution in [1.29, 1.82) is 0 Å². The first-order chi connectivity index (χ1) is 15.5. The van der Waals surface area contributed by atoms with Gasteiger partial charge in [-0.05, 0) is 48.9 Å². The first-order valence-electron chi connectivity index (χ1n) is 9.86. The van der Waals surface area contributed by atoms with Gasteiger partial charge in [-0.1, -0.05) is 17.7 Å². The van der Waals surface area contributed by atoms with Crippen LogP contribution >= 0.6 is 24.0 Å². The molecular weight excluding hydrogens is 466 g/mol. The number of aryl methyl sites for hydroxylation is 1. The normalized spacial score (nSPS) is 10.9. The highest BCUT2D eigenvalue weighted by atomic mass is 35.5. The third-order valence-corrected chi connectivity index (χ3v) is 5.39. The Kier molecular flexibility index (Phi) is 6.31. The van der Waals surface area contributed by atoms with E-state index in [0.29, 0.717) is 18.0 Å². The fraction of sp³-hybridized carbons (Fsp3) is 0.130. The average Bonchev–Trinajstić information content (AvgIpc) is 3.41. The average molecular weight is 485 g/mol. The van der Waals surface area contributed by atoms with Gasteiger partial charge in [0.2, 0.25) is 0 Å². The molecule has 0 bridgehead atoms. The van der Waals surface area contributed by atoms with Crippen molar-refractivity contribution < 1.29 is 9.13 Å². The lowest BCUT2D eigenvalue weighted by atomic mass is 10.1. The van der Waals surface area contributed by atoms with Gasteiger partial charge in [0.25, 0.3) is 5.78 Å². The van der Waals surface area contributed by atoms with Gasteiger partial charge in [-0.15, -0.1) is 17.5 Å². The molecule has 0 aliphatic carbocycles. The number of ether oxygens (including phenoxy) is 1. The highest BCUT2D eigenvalue weighted by molar-refractivity contribution is 6.31. The molecule has 0 saturated carbocycles. The number of methoxy groups -OCH3 is 1. The smallest absolute Gasteiger partial charge is 0.252 e. The van der Waals surface area contributed by atoms with Gasteiger partial charge in [0.05, 0.1) is 35.5 Å². The fourth-order valence-corrected chi connectivity index (χ4v) is 3.75. The number of nitrogens with zero attached hydrogens (tertiary/aromatic N) is 6. The fourth-order valence-electron chi connectivity index (χ4n) is 3.57. The molecule has 33 heavy (non-hydrogen) atoms. The zero-order valence-corrected chi connectivity index (χ0v) is 19.3. The summed E-state index contributed by atoms with van der Waals surface area (Å²) < 4.78 is 22.7. The van der Waals surface area contributed by atoms with Crippen LogP contribution in [-0.2, 0) is 6.42 Å². The van der Waals surface area contributed by atoms with E-state index in [0.717, 1.165) is 34.0 Å². The lowest BCUT2D eigenvalue weighted by molar-refractivity contribution is 0.412. The number of fused-ring (bicyclic) bond motifs is 1. The number of halogens is 3. The summed E-state index contributed by atoms with van der Waals surface area (Å²) in [5.41, 5.74) is 4.26. The summed E-state index contributed by atoms with van der Waals surface area (Å²) in [7, 11) is 1.64. The Morgan fingerprint density at radius 3 is 2.67 bits per heavy atom. The lowest BCUT2D eigenvalue weighted by Gasteiger charge is -2.10. The maximum Gasteiger partial charge on any atom is 0.252 e. The molecule has 0 unspecified atom stereocenters. The molecule has 0 N–H and O–H groups in total. The topological polar surface area (TPSA) is 70.1 Å². The summed E-state index contributed by atoms with van der Waals surface area (Å²) in [5.74, 6) is 1.31. The first kappa shape index (κ1) is 22.7. The van der Waals surface area contributed by atoms with E-state index in [9.17, 15) is 4.39 Å². The number of imidazole rings is 1. The monoisotopic (exact) mass is 484 g/mol. The molecule has 0 radical (unpaired) electrons. The van der Waals surface area contributed by atoms with Gasteiger partial charge in [0.15, 0.2) is 5.82 Å². The molecule has 5 aromatic rings. The number of aromatic nitrogens is 6. The van der Waals surface area contributed by atoms with Crippen molar-refractivity contribution >= 4 is 29.8 Å². The molecule has 2 aromatic carbocycles. The number of rotatable bonds is 5. The van der Waals surface area contributed by atoms with E-state index in [-0.39, 0.29) is 17.4 Å². The summed E-state index contributed by atoms with van der Waals surface area (Å²) >= 11 is 5.96. The molecular formula is C23H19Cl2FN6O. The van der Waals surface area contributed by atoms with Crippen LogP contribution in [0.5, 0.6) is 5.75 Å². The third kappa shape index (κ3) is 4.40. The van der Waals surface area contributed by atoms with Crippen molar-refractivity contribution in [3.63, 3.8) is 0 Å². The largest absolute Gasteiger partial charge is 0.495 e. The molecule has 0 aliphatic rings. The minimum atomic E-state index is -0.469. The zero-order chi connectivity index (χ0) is 22.2. The van der Waals surface area contributed by atoms with E-state index in [4.69, 9.17) is 16.3 Å². The second-order valence-corrected chi connectivity index (χ2v) is 7.71. The van der Waals surface area contributed by atoms with Crippen LogP contribution in [0.15, 0.2) is 61.2 Å². The van der Waals surface area contributed by atoms with Crippen LogP contribution in [-0.4, -0.2) is 36.2 Å². The van der Waals surface area contributed by atoms with E-state index >= 15 is 0 Å². The molecule has 168 valence electrons. The van der Waals surface area contributed by atoms with Crippen LogP contribution in [0.4, 0.5) is 4.39 Å². The van der Waals surface area contributed by atoms with Gasteiger partial charge in [-0.25, -0.2) is 14.4 Å². The van der Waals surface area contributed by atoms with Crippen LogP contribution in [0.2, 0.25) is 5.02 Å². The van der Waals surface area contributed by atoms with Crippen LogP contribution in [0.25, 0.3) is 22.7 Å². The third-order valence-electron chi connectivity index (χ3n) is 5.10. The molecule has 5 rings (SSSR count). The maximum absolute atomic E-state index is 13.6.